The van der Waals surface area contributed by atoms with E-state index in [0.29, 0.717) is 0 Å². The Morgan fingerprint density at radius 1 is 1.00 bits per heavy atom. The van der Waals surface area contributed by atoms with Crippen LogP contribution < -0.4 is 4.90 Å². The van der Waals surface area contributed by atoms with Gasteiger partial charge in [0.05, 0.1) is 5.69 Å². The second-order valence-electron chi connectivity index (χ2n) is 8.75. The summed E-state index contributed by atoms with van der Waals surface area (Å²) in [7, 11) is 0. The standard InChI is InChI=1S/C21H35N5/c1-17(2)6-9-24-10-7-19-20(8-11-24)22-16-23-21(19)26-14-12-25(13-15-26)18-4-3-5-18/h16-18H,3-15H2,1-2H3. The molecule has 1 aromatic heterocycles. The first-order valence-electron chi connectivity index (χ1n) is 10.7. The minimum Gasteiger partial charge on any atom is -0.354 e. The summed E-state index contributed by atoms with van der Waals surface area (Å²) in [6.07, 6.45) is 9.52. The van der Waals surface area contributed by atoms with Crippen LogP contribution in [0.25, 0.3) is 0 Å². The van der Waals surface area contributed by atoms with E-state index in [0.717, 1.165) is 51.0 Å². The van der Waals surface area contributed by atoms with Gasteiger partial charge in [0.15, 0.2) is 0 Å². The quantitative estimate of drug-likeness (QED) is 0.809. The molecule has 0 bridgehead atoms. The molecule has 2 aliphatic heterocycles. The highest BCUT2D eigenvalue weighted by Gasteiger charge is 2.29. The SMILES string of the molecule is CC(C)CCN1CCc2ncnc(N3CCN(C4CCC4)CC3)c2CC1. The molecule has 0 radical (unpaired) electrons. The molecule has 5 heteroatoms. The van der Waals surface area contributed by atoms with Crippen molar-refractivity contribution >= 4 is 5.82 Å². The van der Waals surface area contributed by atoms with Crippen molar-refractivity contribution < 1.29 is 0 Å². The number of fused-ring (bicyclic) bond motifs is 1. The Balaban J connectivity index is 1.40. The summed E-state index contributed by atoms with van der Waals surface area (Å²) in [6, 6.07) is 0.870. The van der Waals surface area contributed by atoms with Gasteiger partial charge in [-0.15, -0.1) is 0 Å². The summed E-state index contributed by atoms with van der Waals surface area (Å²) in [5.41, 5.74) is 2.72. The average Bonchev–Trinajstić information content (AvgIpc) is 2.81. The summed E-state index contributed by atoms with van der Waals surface area (Å²) in [5, 5.41) is 0. The van der Waals surface area contributed by atoms with Crippen molar-refractivity contribution in [1.82, 2.24) is 19.8 Å². The lowest BCUT2D eigenvalue weighted by molar-refractivity contribution is 0.120. The third kappa shape index (κ3) is 4.04. The molecule has 144 valence electrons. The van der Waals surface area contributed by atoms with Gasteiger partial charge in [0.25, 0.3) is 0 Å². The third-order valence-electron chi connectivity index (χ3n) is 6.58. The maximum absolute atomic E-state index is 4.74. The van der Waals surface area contributed by atoms with Crippen LogP contribution in [0.1, 0.15) is 50.8 Å². The number of anilines is 1. The predicted molar refractivity (Wildman–Crippen MR) is 107 cm³/mol. The summed E-state index contributed by atoms with van der Waals surface area (Å²) in [4.78, 5) is 17.2. The summed E-state index contributed by atoms with van der Waals surface area (Å²) >= 11 is 0. The first kappa shape index (κ1) is 18.2. The molecule has 3 heterocycles. The Morgan fingerprint density at radius 2 is 1.77 bits per heavy atom. The molecule has 1 saturated carbocycles. The van der Waals surface area contributed by atoms with Crippen molar-refractivity contribution in [3.05, 3.63) is 17.6 Å². The fourth-order valence-electron chi connectivity index (χ4n) is 4.54. The summed E-state index contributed by atoms with van der Waals surface area (Å²) < 4.78 is 0. The van der Waals surface area contributed by atoms with Crippen LogP contribution in [0.2, 0.25) is 0 Å². The number of nitrogens with zero attached hydrogens (tertiary/aromatic N) is 5. The molecule has 1 aliphatic carbocycles. The largest absolute Gasteiger partial charge is 0.354 e. The number of rotatable bonds is 5. The molecule has 1 aromatic rings. The lowest BCUT2D eigenvalue weighted by Gasteiger charge is -2.43. The van der Waals surface area contributed by atoms with Gasteiger partial charge in [-0.25, -0.2) is 9.97 Å². The van der Waals surface area contributed by atoms with Crippen LogP contribution >= 0.6 is 0 Å². The number of hydrogen-bond donors (Lipinski definition) is 0. The van der Waals surface area contributed by atoms with Gasteiger partial charge in [-0.1, -0.05) is 20.3 Å². The maximum atomic E-state index is 4.74. The molecule has 0 atom stereocenters. The molecule has 1 saturated heterocycles. The molecule has 0 N–H and O–H groups in total. The van der Waals surface area contributed by atoms with Crippen LogP contribution in [0.15, 0.2) is 6.33 Å². The highest BCUT2D eigenvalue weighted by molar-refractivity contribution is 5.49. The normalized spacial score (nSPS) is 23.0. The monoisotopic (exact) mass is 357 g/mol. The van der Waals surface area contributed by atoms with Crippen molar-refractivity contribution in [2.75, 3.05) is 50.7 Å². The average molecular weight is 358 g/mol. The van der Waals surface area contributed by atoms with Gasteiger partial charge in [-0.05, 0) is 38.1 Å². The van der Waals surface area contributed by atoms with Gasteiger partial charge < -0.3 is 9.80 Å². The second kappa shape index (κ2) is 8.22. The van der Waals surface area contributed by atoms with Crippen molar-refractivity contribution in [2.24, 2.45) is 5.92 Å². The van der Waals surface area contributed by atoms with Gasteiger partial charge >= 0.3 is 0 Å². The Bertz CT molecular complexity index is 590. The van der Waals surface area contributed by atoms with E-state index in [4.69, 9.17) is 4.98 Å². The molecule has 26 heavy (non-hydrogen) atoms. The van der Waals surface area contributed by atoms with Crippen molar-refractivity contribution in [1.29, 1.82) is 0 Å². The molecular formula is C21H35N5. The second-order valence-corrected chi connectivity index (χ2v) is 8.75. The van der Waals surface area contributed by atoms with Crippen molar-refractivity contribution in [3.63, 3.8) is 0 Å². The van der Waals surface area contributed by atoms with E-state index >= 15 is 0 Å². The molecule has 4 rings (SSSR count). The first-order valence-corrected chi connectivity index (χ1v) is 10.7. The zero-order valence-electron chi connectivity index (χ0n) is 16.7. The Morgan fingerprint density at radius 3 is 2.46 bits per heavy atom. The molecule has 0 spiro atoms. The van der Waals surface area contributed by atoms with Crippen LogP contribution in [0, 0.1) is 5.92 Å². The minimum atomic E-state index is 0.781. The van der Waals surface area contributed by atoms with E-state index in [-0.39, 0.29) is 0 Å². The lowest BCUT2D eigenvalue weighted by atomic mass is 9.91. The van der Waals surface area contributed by atoms with Crippen LogP contribution in [0.4, 0.5) is 5.82 Å². The van der Waals surface area contributed by atoms with E-state index in [1.165, 1.54) is 62.4 Å². The van der Waals surface area contributed by atoms with Crippen LogP contribution in [-0.2, 0) is 12.8 Å². The Kier molecular flexibility index (Phi) is 5.75. The highest BCUT2D eigenvalue weighted by atomic mass is 15.3. The van der Waals surface area contributed by atoms with E-state index in [1.54, 1.807) is 6.33 Å². The van der Waals surface area contributed by atoms with Gasteiger partial charge in [-0.3, -0.25) is 4.90 Å². The van der Waals surface area contributed by atoms with Crippen LogP contribution in [0.3, 0.4) is 0 Å². The van der Waals surface area contributed by atoms with E-state index < -0.39 is 0 Å². The van der Waals surface area contributed by atoms with Crippen molar-refractivity contribution in [3.8, 4) is 0 Å². The fraction of sp³-hybridized carbons (Fsp3) is 0.810. The number of aromatic nitrogens is 2. The highest BCUT2D eigenvalue weighted by Crippen LogP contribution is 2.28. The lowest BCUT2D eigenvalue weighted by Crippen LogP contribution is -2.52. The predicted octanol–water partition coefficient (Wildman–Crippen LogP) is 2.60. The smallest absolute Gasteiger partial charge is 0.135 e. The van der Waals surface area contributed by atoms with Crippen molar-refractivity contribution in [2.45, 2.75) is 58.4 Å². The van der Waals surface area contributed by atoms with Gasteiger partial charge in [-0.2, -0.15) is 0 Å². The van der Waals surface area contributed by atoms with Gasteiger partial charge in [0.2, 0.25) is 0 Å². The van der Waals surface area contributed by atoms with Crippen LogP contribution in [0.5, 0.6) is 0 Å². The maximum Gasteiger partial charge on any atom is 0.135 e. The third-order valence-corrected chi connectivity index (χ3v) is 6.58. The number of piperazine rings is 1. The Labute approximate surface area is 158 Å². The zero-order valence-corrected chi connectivity index (χ0v) is 16.7. The molecule has 3 aliphatic rings. The first-order chi connectivity index (χ1) is 12.7. The number of hydrogen-bond acceptors (Lipinski definition) is 5. The molecule has 0 unspecified atom stereocenters. The van der Waals surface area contributed by atoms with Gasteiger partial charge in [0, 0.05) is 57.3 Å². The molecular weight excluding hydrogens is 322 g/mol. The summed E-state index contributed by atoms with van der Waals surface area (Å²) in [5.74, 6) is 2.01. The van der Waals surface area contributed by atoms with E-state index in [9.17, 15) is 0 Å². The summed E-state index contributed by atoms with van der Waals surface area (Å²) in [6.45, 7) is 12.8. The zero-order chi connectivity index (χ0) is 17.9. The Hall–Kier alpha value is -1.20. The van der Waals surface area contributed by atoms with E-state index in [2.05, 4.69) is 33.5 Å². The van der Waals surface area contributed by atoms with Gasteiger partial charge in [0.1, 0.15) is 12.1 Å². The minimum absolute atomic E-state index is 0.781. The molecule has 2 fully saturated rings. The van der Waals surface area contributed by atoms with Crippen LogP contribution in [-0.4, -0.2) is 71.6 Å². The fourth-order valence-corrected chi connectivity index (χ4v) is 4.54. The molecule has 5 nitrogen and oxygen atoms in total. The molecule has 0 amide bonds. The topological polar surface area (TPSA) is 35.5 Å². The molecule has 0 aromatic carbocycles. The van der Waals surface area contributed by atoms with E-state index in [1.807, 2.05) is 0 Å².